The summed E-state index contributed by atoms with van der Waals surface area (Å²) in [6.07, 6.45) is 1.66. The number of amides is 1. The Bertz CT molecular complexity index is 756. The molecule has 1 aliphatic rings. The van der Waals surface area contributed by atoms with E-state index in [1.807, 2.05) is 51.1 Å². The van der Waals surface area contributed by atoms with Gasteiger partial charge in [-0.25, -0.2) is 4.98 Å². The molecule has 126 valence electrons. The van der Waals surface area contributed by atoms with Crippen LogP contribution in [0.3, 0.4) is 0 Å². The first-order valence-electron chi connectivity index (χ1n) is 8.16. The van der Waals surface area contributed by atoms with Crippen LogP contribution >= 0.6 is 0 Å². The van der Waals surface area contributed by atoms with Crippen molar-refractivity contribution in [3.8, 4) is 11.5 Å². The number of hydrogen-bond donors (Lipinski definition) is 1. The fourth-order valence-corrected chi connectivity index (χ4v) is 2.77. The molecule has 3 rings (SSSR count). The summed E-state index contributed by atoms with van der Waals surface area (Å²) in [4.78, 5) is 16.4. The van der Waals surface area contributed by atoms with Gasteiger partial charge in [-0.15, -0.1) is 0 Å². The molecule has 1 aliphatic heterocycles. The quantitative estimate of drug-likeness (QED) is 0.915. The van der Waals surface area contributed by atoms with E-state index in [0.717, 1.165) is 29.8 Å². The van der Waals surface area contributed by atoms with Crippen LogP contribution in [-0.4, -0.2) is 23.1 Å². The predicted molar refractivity (Wildman–Crippen MR) is 92.6 cm³/mol. The van der Waals surface area contributed by atoms with Crippen molar-refractivity contribution in [3.63, 3.8) is 0 Å². The Morgan fingerprint density at radius 2 is 2.08 bits per heavy atom. The molecule has 0 radical (unpaired) electrons. The van der Waals surface area contributed by atoms with Crippen LogP contribution in [0.15, 0.2) is 36.4 Å². The molecule has 0 atom stereocenters. The maximum atomic E-state index is 12.1. The lowest BCUT2D eigenvalue weighted by Crippen LogP contribution is -2.25. The van der Waals surface area contributed by atoms with Crippen LogP contribution in [0, 0.1) is 0 Å². The number of fused-ring (bicyclic) bond motifs is 1. The van der Waals surface area contributed by atoms with E-state index < -0.39 is 0 Å². The number of hydrogen-bond acceptors (Lipinski definition) is 4. The number of nitrogens with zero attached hydrogens (tertiary/aromatic N) is 1. The van der Waals surface area contributed by atoms with Crippen LogP contribution in [0.1, 0.15) is 32.0 Å². The van der Waals surface area contributed by atoms with Crippen LogP contribution in [-0.2, 0) is 17.6 Å². The van der Waals surface area contributed by atoms with Crippen LogP contribution in [0.2, 0.25) is 0 Å². The average Bonchev–Trinajstić information content (AvgIpc) is 2.87. The van der Waals surface area contributed by atoms with Gasteiger partial charge >= 0.3 is 0 Å². The van der Waals surface area contributed by atoms with Crippen molar-refractivity contribution >= 4 is 11.7 Å². The molecule has 1 aromatic heterocycles. The summed E-state index contributed by atoms with van der Waals surface area (Å²) in [5.41, 5.74) is 1.80. The first-order valence-corrected chi connectivity index (χ1v) is 8.16. The Morgan fingerprint density at radius 1 is 1.29 bits per heavy atom. The molecule has 2 heterocycles. The van der Waals surface area contributed by atoms with Gasteiger partial charge in [0.1, 0.15) is 11.4 Å². The van der Waals surface area contributed by atoms with Gasteiger partial charge in [-0.1, -0.05) is 25.1 Å². The van der Waals surface area contributed by atoms with Gasteiger partial charge in [0.15, 0.2) is 18.1 Å². The third-order valence-corrected chi connectivity index (χ3v) is 3.85. The zero-order chi connectivity index (χ0) is 17.2. The van der Waals surface area contributed by atoms with Crippen LogP contribution in [0.4, 0.5) is 5.82 Å². The van der Waals surface area contributed by atoms with Crippen molar-refractivity contribution in [2.75, 3.05) is 11.9 Å². The highest BCUT2D eigenvalue weighted by Gasteiger charge is 2.32. The molecule has 0 spiro atoms. The molecule has 2 aromatic rings. The molecular formula is C19H22N2O3. The molecule has 0 saturated heterocycles. The Balaban J connectivity index is 1.62. The first kappa shape index (κ1) is 16.3. The van der Waals surface area contributed by atoms with Gasteiger partial charge in [-0.3, -0.25) is 4.79 Å². The van der Waals surface area contributed by atoms with Gasteiger partial charge in [0, 0.05) is 17.7 Å². The van der Waals surface area contributed by atoms with Gasteiger partial charge in [-0.2, -0.15) is 0 Å². The second-order valence-corrected chi connectivity index (χ2v) is 6.49. The topological polar surface area (TPSA) is 60.5 Å². The number of anilines is 1. The normalized spacial score (nSPS) is 14.6. The summed E-state index contributed by atoms with van der Waals surface area (Å²) >= 11 is 0. The highest BCUT2D eigenvalue weighted by molar-refractivity contribution is 5.91. The lowest BCUT2D eigenvalue weighted by Gasteiger charge is -2.18. The molecule has 1 aromatic carbocycles. The lowest BCUT2D eigenvalue weighted by molar-refractivity contribution is -0.118. The molecule has 0 fully saturated rings. The van der Waals surface area contributed by atoms with E-state index in [9.17, 15) is 4.79 Å². The van der Waals surface area contributed by atoms with Gasteiger partial charge < -0.3 is 14.8 Å². The van der Waals surface area contributed by atoms with Crippen LogP contribution in [0.5, 0.6) is 11.5 Å². The second kappa shape index (κ2) is 6.51. The van der Waals surface area contributed by atoms with E-state index in [1.54, 1.807) is 6.07 Å². The SMILES string of the molecule is CCc1cccc(NC(=O)COc2cccc3c2OC(C)(C)C3)n1. The summed E-state index contributed by atoms with van der Waals surface area (Å²) in [5, 5.41) is 2.75. The number of pyridine rings is 1. The minimum absolute atomic E-state index is 0.0850. The molecule has 0 saturated carbocycles. The van der Waals surface area contributed by atoms with Gasteiger partial charge in [0.25, 0.3) is 5.91 Å². The maximum absolute atomic E-state index is 12.1. The van der Waals surface area contributed by atoms with E-state index in [2.05, 4.69) is 10.3 Å². The largest absolute Gasteiger partial charge is 0.483 e. The van der Waals surface area contributed by atoms with Crippen molar-refractivity contribution in [3.05, 3.63) is 47.7 Å². The number of aromatic nitrogens is 1. The third kappa shape index (κ3) is 3.67. The maximum Gasteiger partial charge on any atom is 0.263 e. The van der Waals surface area contributed by atoms with E-state index in [4.69, 9.17) is 9.47 Å². The predicted octanol–water partition coefficient (Wildman–Crippen LogP) is 3.38. The molecule has 5 heteroatoms. The van der Waals surface area contributed by atoms with Crippen molar-refractivity contribution < 1.29 is 14.3 Å². The minimum atomic E-state index is -0.245. The summed E-state index contributed by atoms with van der Waals surface area (Å²) in [5.74, 6) is 1.63. The zero-order valence-electron chi connectivity index (χ0n) is 14.3. The average molecular weight is 326 g/mol. The van der Waals surface area contributed by atoms with Gasteiger partial charge in [0.2, 0.25) is 0 Å². The number of ether oxygens (including phenoxy) is 2. The molecule has 1 N–H and O–H groups in total. The number of nitrogens with one attached hydrogen (secondary N) is 1. The van der Waals surface area contributed by atoms with Gasteiger partial charge in [0.05, 0.1) is 0 Å². The fourth-order valence-electron chi connectivity index (χ4n) is 2.77. The van der Waals surface area contributed by atoms with Crippen molar-refractivity contribution in [2.24, 2.45) is 0 Å². The van der Waals surface area contributed by atoms with E-state index in [1.165, 1.54) is 0 Å². The van der Waals surface area contributed by atoms with Crippen molar-refractivity contribution in [1.29, 1.82) is 0 Å². The number of rotatable bonds is 5. The molecule has 0 bridgehead atoms. The highest BCUT2D eigenvalue weighted by Crippen LogP contribution is 2.41. The van der Waals surface area contributed by atoms with Crippen molar-refractivity contribution in [1.82, 2.24) is 4.98 Å². The van der Waals surface area contributed by atoms with E-state index in [0.29, 0.717) is 11.6 Å². The summed E-state index contributed by atoms with van der Waals surface area (Å²) < 4.78 is 11.6. The van der Waals surface area contributed by atoms with Crippen LogP contribution < -0.4 is 14.8 Å². The number of aryl methyl sites for hydroxylation is 1. The van der Waals surface area contributed by atoms with E-state index >= 15 is 0 Å². The number of carbonyl (C=O) groups excluding carboxylic acids is 1. The fraction of sp³-hybridized carbons (Fsp3) is 0.368. The minimum Gasteiger partial charge on any atom is -0.483 e. The Labute approximate surface area is 142 Å². The number of para-hydroxylation sites is 1. The smallest absolute Gasteiger partial charge is 0.263 e. The molecule has 0 unspecified atom stereocenters. The summed E-state index contributed by atoms with van der Waals surface area (Å²) in [7, 11) is 0. The Hall–Kier alpha value is -2.56. The third-order valence-electron chi connectivity index (χ3n) is 3.85. The second-order valence-electron chi connectivity index (χ2n) is 6.49. The lowest BCUT2D eigenvalue weighted by atomic mass is 10.0. The molecular weight excluding hydrogens is 304 g/mol. The standard InChI is InChI=1S/C19H22N2O3/c1-4-14-8-6-10-16(20-14)21-17(22)12-23-15-9-5-7-13-11-19(2,3)24-18(13)15/h5-10H,4,11-12H2,1-3H3,(H,20,21,22). The monoisotopic (exact) mass is 326 g/mol. The first-order chi connectivity index (χ1) is 11.5. The molecule has 0 aliphatic carbocycles. The Morgan fingerprint density at radius 3 is 2.88 bits per heavy atom. The van der Waals surface area contributed by atoms with Crippen molar-refractivity contribution in [2.45, 2.75) is 39.2 Å². The summed E-state index contributed by atoms with van der Waals surface area (Å²) in [6, 6.07) is 11.3. The highest BCUT2D eigenvalue weighted by atomic mass is 16.5. The van der Waals surface area contributed by atoms with E-state index in [-0.39, 0.29) is 18.1 Å². The molecule has 1 amide bonds. The van der Waals surface area contributed by atoms with Gasteiger partial charge in [-0.05, 0) is 38.5 Å². The van der Waals surface area contributed by atoms with Crippen LogP contribution in [0.25, 0.3) is 0 Å². The Kier molecular flexibility index (Phi) is 4.42. The number of benzene rings is 1. The molecule has 24 heavy (non-hydrogen) atoms. The zero-order valence-corrected chi connectivity index (χ0v) is 14.3. The summed E-state index contributed by atoms with van der Waals surface area (Å²) in [6.45, 7) is 6.01. The number of carbonyl (C=O) groups is 1. The molecule has 5 nitrogen and oxygen atoms in total.